The van der Waals surface area contributed by atoms with Crippen LogP contribution in [-0.4, -0.2) is 15.7 Å². The summed E-state index contributed by atoms with van der Waals surface area (Å²) in [6, 6.07) is 14.5. The van der Waals surface area contributed by atoms with E-state index < -0.39 is 0 Å². The zero-order valence-corrected chi connectivity index (χ0v) is 23.9. The number of hydrogen-bond acceptors (Lipinski definition) is 2. The Labute approximate surface area is 231 Å². The Morgan fingerprint density at radius 1 is 0.769 bits per heavy atom. The number of aromatic amines is 1. The number of rotatable bonds is 1. The van der Waals surface area contributed by atoms with E-state index in [0.717, 1.165) is 50.8 Å². The van der Waals surface area contributed by atoms with Crippen LogP contribution in [-0.2, 0) is 32.1 Å². The second kappa shape index (κ2) is 8.03. The monoisotopic (exact) mass is 511 g/mol. The molecule has 3 aliphatic carbocycles. The highest BCUT2D eigenvalue weighted by Gasteiger charge is 2.32. The Bertz CT molecular complexity index is 1780. The van der Waals surface area contributed by atoms with Gasteiger partial charge in [-0.15, -0.1) is 0 Å². The lowest BCUT2D eigenvalue weighted by molar-refractivity contribution is 0.585. The molecular weight excluding hydrogens is 474 g/mol. The maximum atomic E-state index is 5.10. The summed E-state index contributed by atoms with van der Waals surface area (Å²) in [7, 11) is 0. The first-order valence-corrected chi connectivity index (χ1v) is 14.9. The van der Waals surface area contributed by atoms with Gasteiger partial charge in [-0.1, -0.05) is 65.0 Å². The molecule has 4 aliphatic rings. The average molecular weight is 512 g/mol. The van der Waals surface area contributed by atoms with Gasteiger partial charge in [0.05, 0.1) is 5.69 Å². The van der Waals surface area contributed by atoms with Crippen LogP contribution in [0.1, 0.15) is 92.7 Å². The van der Waals surface area contributed by atoms with E-state index in [1.54, 1.807) is 11.1 Å². The largest absolute Gasteiger partial charge is 0.345 e. The number of nitrogens with zero attached hydrogens (tertiary/aromatic N) is 2. The summed E-state index contributed by atoms with van der Waals surface area (Å²) >= 11 is 0. The normalized spacial score (nSPS) is 17.4. The zero-order chi connectivity index (χ0) is 26.6. The second-order valence-electron chi connectivity index (χ2n) is 13.5. The van der Waals surface area contributed by atoms with Gasteiger partial charge in [0, 0.05) is 40.4 Å². The lowest BCUT2D eigenvalue weighted by Crippen LogP contribution is -2.18. The SMILES string of the molecule is CC(C)c1nc2c([nH]1)CCc1c-2ccc2c1CCc1cc3c4c(ccc3cc1-2)C1=C(CC4)N=C(C(C)(C)C)C1. The molecule has 39 heavy (non-hydrogen) atoms. The van der Waals surface area contributed by atoms with Crippen LogP contribution >= 0.6 is 0 Å². The van der Waals surface area contributed by atoms with E-state index in [-0.39, 0.29) is 5.41 Å². The van der Waals surface area contributed by atoms with Crippen LogP contribution in [0.2, 0.25) is 0 Å². The third-order valence-corrected chi connectivity index (χ3v) is 9.71. The lowest BCUT2D eigenvalue weighted by atomic mass is 9.76. The van der Waals surface area contributed by atoms with Crippen molar-refractivity contribution in [3.63, 3.8) is 0 Å². The van der Waals surface area contributed by atoms with Gasteiger partial charge in [-0.05, 0) is 99.9 Å². The van der Waals surface area contributed by atoms with Crippen molar-refractivity contribution in [3.05, 3.63) is 81.4 Å². The summed E-state index contributed by atoms with van der Waals surface area (Å²) in [6.45, 7) is 11.3. The molecular formula is C36H37N3. The summed E-state index contributed by atoms with van der Waals surface area (Å²) in [4.78, 5) is 13.8. The fourth-order valence-corrected chi connectivity index (χ4v) is 7.52. The van der Waals surface area contributed by atoms with Crippen molar-refractivity contribution in [2.75, 3.05) is 0 Å². The fraction of sp³-hybridized carbons (Fsp3) is 0.389. The molecule has 0 fully saturated rings. The minimum absolute atomic E-state index is 0.134. The summed E-state index contributed by atoms with van der Waals surface area (Å²) in [5, 5.41) is 2.85. The van der Waals surface area contributed by atoms with Crippen molar-refractivity contribution in [3.8, 4) is 22.4 Å². The molecule has 1 N–H and O–H groups in total. The lowest BCUT2D eigenvalue weighted by Gasteiger charge is -2.28. The van der Waals surface area contributed by atoms with E-state index in [1.807, 2.05) is 0 Å². The number of aromatic nitrogens is 2. The molecule has 0 atom stereocenters. The van der Waals surface area contributed by atoms with Crippen LogP contribution in [0.4, 0.5) is 0 Å². The highest BCUT2D eigenvalue weighted by atomic mass is 14.9. The van der Waals surface area contributed by atoms with Gasteiger partial charge < -0.3 is 4.98 Å². The van der Waals surface area contributed by atoms with E-state index in [0.29, 0.717) is 5.92 Å². The molecule has 8 rings (SSSR count). The molecule has 0 amide bonds. The van der Waals surface area contributed by atoms with Gasteiger partial charge in [0.15, 0.2) is 0 Å². The van der Waals surface area contributed by atoms with Gasteiger partial charge in [-0.3, -0.25) is 4.99 Å². The van der Waals surface area contributed by atoms with Crippen molar-refractivity contribution in [2.24, 2.45) is 10.4 Å². The topological polar surface area (TPSA) is 41.0 Å². The molecule has 1 aromatic heterocycles. The highest BCUT2D eigenvalue weighted by Crippen LogP contribution is 2.47. The summed E-state index contributed by atoms with van der Waals surface area (Å²) in [5.74, 6) is 1.54. The van der Waals surface area contributed by atoms with Crippen LogP contribution in [0.5, 0.6) is 0 Å². The molecule has 0 radical (unpaired) electrons. The Hall–Kier alpha value is -3.46. The molecule has 0 unspecified atom stereocenters. The van der Waals surface area contributed by atoms with E-state index in [1.165, 1.54) is 72.5 Å². The maximum absolute atomic E-state index is 5.10. The van der Waals surface area contributed by atoms with Crippen molar-refractivity contribution in [1.82, 2.24) is 9.97 Å². The van der Waals surface area contributed by atoms with Crippen LogP contribution in [0, 0.1) is 5.41 Å². The number of aliphatic imine (C=N–C) groups is 1. The Morgan fingerprint density at radius 2 is 1.51 bits per heavy atom. The van der Waals surface area contributed by atoms with Gasteiger partial charge in [0.25, 0.3) is 0 Å². The fourth-order valence-electron chi connectivity index (χ4n) is 7.52. The van der Waals surface area contributed by atoms with E-state index >= 15 is 0 Å². The van der Waals surface area contributed by atoms with Crippen LogP contribution < -0.4 is 0 Å². The Kier molecular flexibility index (Phi) is 4.83. The van der Waals surface area contributed by atoms with Gasteiger partial charge in [0.2, 0.25) is 0 Å². The standard InChI is InChI=1S/C36H37N3/c1-19(2)35-38-32-15-13-23-22-8-6-20-17-29-21(16-28(20)24(22)10-11-27(23)34(32)39-35)7-9-26-25(29)12-14-31-30(26)18-33(37-31)36(3,4)5/h7,9-11,16-17,19H,6,8,12-15,18H2,1-5H3,(H,38,39). The number of benzene rings is 3. The minimum Gasteiger partial charge on any atom is -0.345 e. The molecule has 3 aromatic carbocycles. The first-order valence-electron chi connectivity index (χ1n) is 14.9. The van der Waals surface area contributed by atoms with Crippen molar-refractivity contribution in [2.45, 2.75) is 85.5 Å². The van der Waals surface area contributed by atoms with Crippen molar-refractivity contribution >= 4 is 22.1 Å². The molecule has 4 aromatic rings. The van der Waals surface area contributed by atoms with Crippen molar-refractivity contribution in [1.29, 1.82) is 0 Å². The molecule has 3 nitrogen and oxygen atoms in total. The predicted octanol–water partition coefficient (Wildman–Crippen LogP) is 8.77. The Balaban J connectivity index is 1.21. The zero-order valence-electron chi connectivity index (χ0n) is 23.9. The van der Waals surface area contributed by atoms with Crippen LogP contribution in [0.25, 0.3) is 38.7 Å². The molecule has 0 bridgehead atoms. The van der Waals surface area contributed by atoms with E-state index in [9.17, 15) is 0 Å². The first-order chi connectivity index (χ1) is 18.8. The number of aryl methyl sites for hydroxylation is 3. The molecule has 196 valence electrons. The van der Waals surface area contributed by atoms with E-state index in [4.69, 9.17) is 9.98 Å². The predicted molar refractivity (Wildman–Crippen MR) is 163 cm³/mol. The molecule has 2 heterocycles. The number of allylic oxidation sites excluding steroid dienone is 2. The number of imidazole rings is 1. The van der Waals surface area contributed by atoms with Gasteiger partial charge in [-0.2, -0.15) is 0 Å². The summed E-state index contributed by atoms with van der Waals surface area (Å²) in [5.41, 5.74) is 18.7. The average Bonchev–Trinajstić information content (AvgIpc) is 3.56. The number of nitrogens with one attached hydrogen (secondary N) is 1. The quantitative estimate of drug-likeness (QED) is 0.273. The third-order valence-electron chi connectivity index (χ3n) is 9.71. The second-order valence-corrected chi connectivity index (χ2v) is 13.5. The summed E-state index contributed by atoms with van der Waals surface area (Å²) < 4.78 is 0. The van der Waals surface area contributed by atoms with Gasteiger partial charge in [-0.25, -0.2) is 4.98 Å². The van der Waals surface area contributed by atoms with Crippen LogP contribution in [0.3, 0.4) is 0 Å². The smallest absolute Gasteiger partial charge is 0.109 e. The number of fused-ring (bicyclic) bond motifs is 11. The molecule has 0 spiro atoms. The third kappa shape index (κ3) is 3.41. The van der Waals surface area contributed by atoms with Crippen molar-refractivity contribution < 1.29 is 0 Å². The van der Waals surface area contributed by atoms with E-state index in [2.05, 4.69) is 76.0 Å². The molecule has 0 saturated heterocycles. The minimum atomic E-state index is 0.134. The molecule has 1 aliphatic heterocycles. The Morgan fingerprint density at radius 3 is 2.33 bits per heavy atom. The van der Waals surface area contributed by atoms with Crippen LogP contribution in [0.15, 0.2) is 47.1 Å². The molecule has 0 saturated carbocycles. The summed E-state index contributed by atoms with van der Waals surface area (Å²) in [6.07, 6.45) is 7.60. The van der Waals surface area contributed by atoms with Gasteiger partial charge in [0.1, 0.15) is 5.82 Å². The highest BCUT2D eigenvalue weighted by molar-refractivity contribution is 6.05. The first kappa shape index (κ1) is 23.4. The number of hydrogen-bond donors (Lipinski definition) is 1. The van der Waals surface area contributed by atoms with Gasteiger partial charge >= 0.3 is 0 Å². The maximum Gasteiger partial charge on any atom is 0.109 e. The number of H-pyrrole nitrogens is 1. The molecule has 3 heteroatoms.